The molecule has 86 valence electrons. The molecule has 1 aliphatic rings. The summed E-state index contributed by atoms with van der Waals surface area (Å²) in [5, 5.41) is 1.19. The smallest absolute Gasteiger partial charge is 0.137 e. The SMILES string of the molecule is C1=Cc2c(cccc2-c2ccnc3[nH]ccc23)C1. The molecular formula is C16H12N2. The first kappa shape index (κ1) is 9.66. The van der Waals surface area contributed by atoms with Gasteiger partial charge in [0.05, 0.1) is 0 Å². The number of H-pyrrole nitrogens is 1. The van der Waals surface area contributed by atoms with Crippen molar-refractivity contribution in [3.63, 3.8) is 0 Å². The lowest BCUT2D eigenvalue weighted by Crippen LogP contribution is -1.88. The maximum Gasteiger partial charge on any atom is 0.137 e. The molecule has 0 aliphatic heterocycles. The topological polar surface area (TPSA) is 28.7 Å². The summed E-state index contributed by atoms with van der Waals surface area (Å²) in [6.45, 7) is 0. The molecule has 0 amide bonds. The third-order valence-corrected chi connectivity index (χ3v) is 3.57. The van der Waals surface area contributed by atoms with Crippen LogP contribution in [0.1, 0.15) is 11.1 Å². The molecule has 0 atom stereocenters. The van der Waals surface area contributed by atoms with Gasteiger partial charge in [0.25, 0.3) is 0 Å². The van der Waals surface area contributed by atoms with E-state index in [2.05, 4.69) is 52.5 Å². The lowest BCUT2D eigenvalue weighted by molar-refractivity contribution is 1.31. The van der Waals surface area contributed by atoms with Crippen molar-refractivity contribution < 1.29 is 0 Å². The molecule has 0 saturated carbocycles. The first-order valence-corrected chi connectivity index (χ1v) is 6.14. The summed E-state index contributed by atoms with van der Waals surface area (Å²) in [7, 11) is 0. The summed E-state index contributed by atoms with van der Waals surface area (Å²) in [4.78, 5) is 7.52. The molecule has 1 N–H and O–H groups in total. The van der Waals surface area contributed by atoms with Gasteiger partial charge in [-0.3, -0.25) is 0 Å². The van der Waals surface area contributed by atoms with E-state index in [1.54, 1.807) is 0 Å². The van der Waals surface area contributed by atoms with Crippen LogP contribution in [-0.4, -0.2) is 9.97 Å². The second-order valence-electron chi connectivity index (χ2n) is 4.58. The lowest BCUT2D eigenvalue weighted by atomic mass is 9.96. The van der Waals surface area contributed by atoms with Crippen LogP contribution in [0, 0.1) is 0 Å². The molecule has 2 aromatic heterocycles. The van der Waals surface area contributed by atoms with Crippen LogP contribution in [-0.2, 0) is 6.42 Å². The van der Waals surface area contributed by atoms with Crippen molar-refractivity contribution in [2.75, 3.05) is 0 Å². The Bertz CT molecular complexity index is 766. The van der Waals surface area contributed by atoms with Crippen molar-refractivity contribution in [3.05, 3.63) is 59.9 Å². The molecule has 2 heterocycles. The highest BCUT2D eigenvalue weighted by Gasteiger charge is 2.13. The normalized spacial score (nSPS) is 13.1. The summed E-state index contributed by atoms with van der Waals surface area (Å²) >= 11 is 0. The van der Waals surface area contributed by atoms with Gasteiger partial charge in [-0.15, -0.1) is 0 Å². The van der Waals surface area contributed by atoms with Crippen LogP contribution in [0.2, 0.25) is 0 Å². The summed E-state index contributed by atoms with van der Waals surface area (Å²) in [5.41, 5.74) is 6.27. The number of nitrogens with zero attached hydrogens (tertiary/aromatic N) is 1. The standard InChI is InChI=1S/C16H12N2/c1-3-11-4-2-6-13(12(11)5-1)14-7-9-17-16-15(14)8-10-18-16/h1-2,4-10H,3H2,(H,17,18). The van der Waals surface area contributed by atoms with Gasteiger partial charge in [-0.25, -0.2) is 4.98 Å². The molecule has 0 fully saturated rings. The predicted molar refractivity (Wildman–Crippen MR) is 74.3 cm³/mol. The number of aromatic nitrogens is 2. The van der Waals surface area contributed by atoms with E-state index in [0.717, 1.165) is 12.1 Å². The monoisotopic (exact) mass is 232 g/mol. The molecule has 0 saturated heterocycles. The van der Waals surface area contributed by atoms with Crippen molar-refractivity contribution in [2.45, 2.75) is 6.42 Å². The molecule has 1 aliphatic carbocycles. The number of pyridine rings is 1. The molecular weight excluding hydrogens is 220 g/mol. The van der Waals surface area contributed by atoms with Gasteiger partial charge in [-0.2, -0.15) is 0 Å². The summed E-state index contributed by atoms with van der Waals surface area (Å²) in [6, 6.07) is 10.7. The summed E-state index contributed by atoms with van der Waals surface area (Å²) < 4.78 is 0. The fourth-order valence-corrected chi connectivity index (χ4v) is 2.72. The van der Waals surface area contributed by atoms with Crippen molar-refractivity contribution in [1.82, 2.24) is 9.97 Å². The number of hydrogen-bond donors (Lipinski definition) is 1. The van der Waals surface area contributed by atoms with Crippen LogP contribution in [0.5, 0.6) is 0 Å². The van der Waals surface area contributed by atoms with Gasteiger partial charge in [0.15, 0.2) is 0 Å². The zero-order valence-corrected chi connectivity index (χ0v) is 9.85. The van der Waals surface area contributed by atoms with E-state index in [-0.39, 0.29) is 0 Å². The van der Waals surface area contributed by atoms with Crippen molar-refractivity contribution in [1.29, 1.82) is 0 Å². The van der Waals surface area contributed by atoms with Crippen LogP contribution in [0.25, 0.3) is 28.2 Å². The highest BCUT2D eigenvalue weighted by molar-refractivity contribution is 5.96. The van der Waals surface area contributed by atoms with Gasteiger partial charge in [0.1, 0.15) is 5.65 Å². The van der Waals surface area contributed by atoms with E-state index in [4.69, 9.17) is 0 Å². The molecule has 1 aromatic carbocycles. The van der Waals surface area contributed by atoms with Crippen molar-refractivity contribution >= 4 is 17.1 Å². The summed E-state index contributed by atoms with van der Waals surface area (Å²) in [6.07, 6.45) is 9.31. The van der Waals surface area contributed by atoms with E-state index < -0.39 is 0 Å². The zero-order chi connectivity index (χ0) is 11.9. The third kappa shape index (κ3) is 1.26. The van der Waals surface area contributed by atoms with Crippen LogP contribution >= 0.6 is 0 Å². The molecule has 2 nitrogen and oxygen atoms in total. The van der Waals surface area contributed by atoms with E-state index in [0.29, 0.717) is 0 Å². The first-order valence-electron chi connectivity index (χ1n) is 6.14. The number of nitrogens with one attached hydrogen (secondary N) is 1. The van der Waals surface area contributed by atoms with E-state index in [9.17, 15) is 0 Å². The van der Waals surface area contributed by atoms with Crippen LogP contribution in [0.3, 0.4) is 0 Å². The summed E-state index contributed by atoms with van der Waals surface area (Å²) in [5.74, 6) is 0. The predicted octanol–water partition coefficient (Wildman–Crippen LogP) is 3.80. The van der Waals surface area contributed by atoms with Gasteiger partial charge < -0.3 is 4.98 Å². The Hall–Kier alpha value is -2.35. The first-order chi connectivity index (χ1) is 8.93. The number of fused-ring (bicyclic) bond motifs is 2. The quantitative estimate of drug-likeness (QED) is 0.679. The Kier molecular flexibility index (Phi) is 1.92. The van der Waals surface area contributed by atoms with Crippen molar-refractivity contribution in [3.8, 4) is 11.1 Å². The minimum absolute atomic E-state index is 0.951. The fourth-order valence-electron chi connectivity index (χ4n) is 2.72. The Labute approximate surface area is 105 Å². The zero-order valence-electron chi connectivity index (χ0n) is 9.85. The maximum atomic E-state index is 4.35. The average molecular weight is 232 g/mol. The van der Waals surface area contributed by atoms with Gasteiger partial charge >= 0.3 is 0 Å². The van der Waals surface area contributed by atoms with E-state index in [1.165, 1.54) is 27.6 Å². The molecule has 0 radical (unpaired) electrons. The lowest BCUT2D eigenvalue weighted by Gasteiger charge is -2.08. The van der Waals surface area contributed by atoms with Crippen molar-refractivity contribution in [2.24, 2.45) is 0 Å². The molecule has 0 spiro atoms. The van der Waals surface area contributed by atoms with Crippen LogP contribution in [0.15, 0.2) is 48.8 Å². The Balaban J connectivity index is 2.06. The number of rotatable bonds is 1. The average Bonchev–Trinajstić information content (AvgIpc) is 3.06. The van der Waals surface area contributed by atoms with Gasteiger partial charge in [0.2, 0.25) is 0 Å². The Morgan fingerprint density at radius 2 is 2.06 bits per heavy atom. The number of hydrogen-bond acceptors (Lipinski definition) is 1. The van der Waals surface area contributed by atoms with Gasteiger partial charge in [-0.1, -0.05) is 30.4 Å². The number of benzene rings is 1. The Morgan fingerprint density at radius 1 is 1.06 bits per heavy atom. The molecule has 3 aromatic rings. The highest BCUT2D eigenvalue weighted by atomic mass is 14.8. The number of aromatic amines is 1. The van der Waals surface area contributed by atoms with E-state index >= 15 is 0 Å². The number of allylic oxidation sites excluding steroid dienone is 1. The third-order valence-electron chi connectivity index (χ3n) is 3.57. The van der Waals surface area contributed by atoms with E-state index in [1.807, 2.05) is 12.4 Å². The molecule has 0 bridgehead atoms. The van der Waals surface area contributed by atoms with Crippen LogP contribution < -0.4 is 0 Å². The van der Waals surface area contributed by atoms with Gasteiger partial charge in [0, 0.05) is 17.8 Å². The van der Waals surface area contributed by atoms with Crippen LogP contribution in [0.4, 0.5) is 0 Å². The van der Waals surface area contributed by atoms with Gasteiger partial charge in [-0.05, 0) is 40.8 Å². The largest absolute Gasteiger partial charge is 0.346 e. The Morgan fingerprint density at radius 3 is 3.06 bits per heavy atom. The fraction of sp³-hybridized carbons (Fsp3) is 0.0625. The maximum absolute atomic E-state index is 4.35. The highest BCUT2D eigenvalue weighted by Crippen LogP contribution is 2.34. The minimum atomic E-state index is 0.951. The molecule has 4 rings (SSSR count). The minimum Gasteiger partial charge on any atom is -0.346 e. The molecule has 0 unspecified atom stereocenters. The second kappa shape index (κ2) is 3.57. The molecule has 2 heteroatoms. The second-order valence-corrected chi connectivity index (χ2v) is 4.58. The molecule has 18 heavy (non-hydrogen) atoms.